The van der Waals surface area contributed by atoms with E-state index < -0.39 is 23.6 Å². The van der Waals surface area contributed by atoms with E-state index >= 15 is 0 Å². The monoisotopic (exact) mass is 489 g/mol. The minimum Gasteiger partial charge on any atom is -0.443 e. The van der Waals surface area contributed by atoms with E-state index in [0.717, 1.165) is 30.6 Å². The Hall–Kier alpha value is -3.25. The number of nitrogens with two attached hydrogens (primary N) is 2. The van der Waals surface area contributed by atoms with E-state index in [1.54, 1.807) is 36.4 Å². The molecule has 0 aliphatic heterocycles. The van der Waals surface area contributed by atoms with Crippen LogP contribution in [0.15, 0.2) is 18.2 Å². The Bertz CT molecular complexity index is 1040. The second kappa shape index (κ2) is 11.5. The van der Waals surface area contributed by atoms with Gasteiger partial charge >= 0.3 is 6.09 Å². The van der Waals surface area contributed by atoms with E-state index in [1.165, 1.54) is 13.5 Å². The van der Waals surface area contributed by atoms with Gasteiger partial charge in [0.1, 0.15) is 19.2 Å². The van der Waals surface area contributed by atoms with Crippen molar-refractivity contribution in [1.29, 1.82) is 0 Å². The molecular formula is C23H35N7O5. The molecule has 0 unspecified atom stereocenters. The number of carbonyl (C=O) groups excluding carboxylic acids is 3. The van der Waals surface area contributed by atoms with Gasteiger partial charge in [-0.25, -0.2) is 4.79 Å². The molecule has 35 heavy (non-hydrogen) atoms. The fourth-order valence-electron chi connectivity index (χ4n) is 3.90. The lowest BCUT2D eigenvalue weighted by atomic mass is 9.98. The van der Waals surface area contributed by atoms with Crippen molar-refractivity contribution in [3.05, 3.63) is 29.7 Å². The van der Waals surface area contributed by atoms with Gasteiger partial charge < -0.3 is 31.2 Å². The van der Waals surface area contributed by atoms with Crippen LogP contribution in [0.25, 0.3) is 5.65 Å². The van der Waals surface area contributed by atoms with E-state index in [4.69, 9.17) is 20.9 Å². The first-order valence-electron chi connectivity index (χ1n) is 11.8. The third-order valence-electron chi connectivity index (χ3n) is 5.84. The summed E-state index contributed by atoms with van der Waals surface area (Å²) >= 11 is 0. The van der Waals surface area contributed by atoms with Crippen molar-refractivity contribution < 1.29 is 23.9 Å². The first-order chi connectivity index (χ1) is 16.6. The van der Waals surface area contributed by atoms with E-state index in [9.17, 15) is 14.4 Å². The number of nitrogens with one attached hydrogen (secondary N) is 1. The molecule has 0 radical (unpaired) electrons. The summed E-state index contributed by atoms with van der Waals surface area (Å²) < 4.78 is 13.2. The first-order valence-corrected chi connectivity index (χ1v) is 11.8. The third-order valence-corrected chi connectivity index (χ3v) is 5.84. The van der Waals surface area contributed by atoms with Crippen LogP contribution in [0.3, 0.4) is 0 Å². The molecule has 0 saturated heterocycles. The maximum atomic E-state index is 12.8. The van der Waals surface area contributed by atoms with Crippen LogP contribution in [0.1, 0.15) is 63.5 Å². The van der Waals surface area contributed by atoms with Crippen molar-refractivity contribution in [3.8, 4) is 0 Å². The van der Waals surface area contributed by atoms with E-state index in [-0.39, 0.29) is 31.8 Å². The molecule has 12 nitrogen and oxygen atoms in total. The van der Waals surface area contributed by atoms with E-state index in [2.05, 4.69) is 15.5 Å². The van der Waals surface area contributed by atoms with Gasteiger partial charge in [0.15, 0.2) is 11.5 Å². The summed E-state index contributed by atoms with van der Waals surface area (Å²) in [5, 5.41) is 11.5. The van der Waals surface area contributed by atoms with E-state index in [0.29, 0.717) is 17.2 Å². The Morgan fingerprint density at radius 3 is 2.60 bits per heavy atom. The van der Waals surface area contributed by atoms with Crippen LogP contribution in [-0.4, -0.2) is 69.2 Å². The quantitative estimate of drug-likeness (QED) is 0.445. The minimum atomic E-state index is -1.10. The summed E-state index contributed by atoms with van der Waals surface area (Å²) in [5.74, 6) is -0.568. The molecule has 3 rings (SSSR count). The summed E-state index contributed by atoms with van der Waals surface area (Å²) in [5.41, 5.74) is 11.1. The molecule has 3 amide bonds. The van der Waals surface area contributed by atoms with Gasteiger partial charge in [-0.3, -0.25) is 14.0 Å². The molecule has 1 atom stereocenters. The normalized spacial score (nSPS) is 15.5. The summed E-state index contributed by atoms with van der Waals surface area (Å²) in [7, 11) is 1.42. The zero-order chi connectivity index (χ0) is 25.6. The Morgan fingerprint density at radius 1 is 1.23 bits per heavy atom. The number of rotatable bonds is 10. The molecule has 1 aliphatic carbocycles. The highest BCUT2D eigenvalue weighted by Crippen LogP contribution is 2.23. The van der Waals surface area contributed by atoms with Gasteiger partial charge in [-0.05, 0) is 38.8 Å². The van der Waals surface area contributed by atoms with Crippen LogP contribution in [-0.2, 0) is 25.7 Å². The zero-order valence-corrected chi connectivity index (χ0v) is 20.5. The van der Waals surface area contributed by atoms with Crippen LogP contribution >= 0.6 is 0 Å². The Kier molecular flexibility index (Phi) is 8.62. The van der Waals surface area contributed by atoms with E-state index in [1.807, 2.05) is 0 Å². The maximum Gasteiger partial charge on any atom is 0.410 e. The predicted octanol–water partition coefficient (Wildman–Crippen LogP) is 1.03. The molecule has 1 aliphatic rings. The number of primary amides is 1. The van der Waals surface area contributed by atoms with Crippen molar-refractivity contribution in [2.75, 3.05) is 20.2 Å². The second-order valence-electron chi connectivity index (χ2n) is 9.49. The fourth-order valence-corrected chi connectivity index (χ4v) is 3.90. The molecule has 1 fully saturated rings. The Morgan fingerprint density at radius 2 is 1.94 bits per heavy atom. The molecule has 2 heterocycles. The number of nitrogens with zero attached hydrogens (tertiary/aromatic N) is 4. The number of carbonyl (C=O) groups is 3. The number of pyridine rings is 1. The van der Waals surface area contributed by atoms with Crippen molar-refractivity contribution >= 4 is 23.6 Å². The van der Waals surface area contributed by atoms with Gasteiger partial charge in [-0.15, -0.1) is 10.2 Å². The number of amides is 3. The maximum absolute atomic E-state index is 12.8. The molecule has 0 bridgehead atoms. The standard InChI is InChI=1S/C23H35N7O5/c1-23(2,25)21(32)26-17(14-34-16-9-5-4-6-10-16)20-28-27-19-11-7-8-15(30(19)20)13-35-22(33)29(3)12-18(24)31/h7-8,11,16-17H,4-6,9-10,12-14,25H2,1-3H3,(H2,24,31)(H,26,32)/t17-/m1/s1. The molecule has 0 spiro atoms. The number of fused-ring (bicyclic) bond motifs is 1. The Balaban J connectivity index is 1.85. The topological polar surface area (TPSA) is 167 Å². The first kappa shape index (κ1) is 26.4. The van der Waals surface area contributed by atoms with Gasteiger partial charge in [0.2, 0.25) is 11.8 Å². The Labute approximate surface area is 204 Å². The van der Waals surface area contributed by atoms with Crippen molar-refractivity contribution in [1.82, 2.24) is 24.8 Å². The molecule has 192 valence electrons. The lowest BCUT2D eigenvalue weighted by Crippen LogP contribution is -2.51. The molecule has 5 N–H and O–H groups in total. The van der Waals surface area contributed by atoms with Crippen LogP contribution in [0.5, 0.6) is 0 Å². The summed E-state index contributed by atoms with van der Waals surface area (Å²) in [6.45, 7) is 3.07. The molecule has 1 saturated carbocycles. The molecule has 2 aromatic heterocycles. The molecule has 0 aromatic carbocycles. The van der Waals surface area contributed by atoms with Crippen LogP contribution in [0, 0.1) is 0 Å². The second-order valence-corrected chi connectivity index (χ2v) is 9.49. The average Bonchev–Trinajstić information content (AvgIpc) is 3.24. The van der Waals surface area contributed by atoms with Gasteiger partial charge in [0.25, 0.3) is 0 Å². The fraction of sp³-hybridized carbons (Fsp3) is 0.609. The molecule has 2 aromatic rings. The SMILES string of the molecule is CN(CC(N)=O)C(=O)OCc1cccc2nnc([C@@H](COC3CCCCC3)NC(=O)C(C)(C)N)n12. The molecular weight excluding hydrogens is 454 g/mol. The third kappa shape index (κ3) is 7.12. The highest BCUT2D eigenvalue weighted by Gasteiger charge is 2.29. The zero-order valence-electron chi connectivity index (χ0n) is 20.5. The number of ether oxygens (including phenoxy) is 2. The number of aromatic nitrogens is 3. The molecule has 12 heteroatoms. The van der Waals surface area contributed by atoms with Gasteiger partial charge in [0.05, 0.1) is 23.9 Å². The highest BCUT2D eigenvalue weighted by molar-refractivity contribution is 5.85. The smallest absolute Gasteiger partial charge is 0.410 e. The van der Waals surface area contributed by atoms with Gasteiger partial charge in [-0.1, -0.05) is 25.3 Å². The van der Waals surface area contributed by atoms with Crippen molar-refractivity contribution in [2.24, 2.45) is 11.5 Å². The number of hydrogen-bond acceptors (Lipinski definition) is 8. The highest BCUT2D eigenvalue weighted by atomic mass is 16.6. The lowest BCUT2D eigenvalue weighted by Gasteiger charge is -2.27. The predicted molar refractivity (Wildman–Crippen MR) is 127 cm³/mol. The van der Waals surface area contributed by atoms with Crippen LogP contribution in [0.4, 0.5) is 4.79 Å². The van der Waals surface area contributed by atoms with Crippen molar-refractivity contribution in [2.45, 2.75) is 70.2 Å². The van der Waals surface area contributed by atoms with Crippen LogP contribution < -0.4 is 16.8 Å². The summed E-state index contributed by atoms with van der Waals surface area (Å²) in [6, 6.07) is 4.65. The minimum absolute atomic E-state index is 0.114. The van der Waals surface area contributed by atoms with Crippen LogP contribution in [0.2, 0.25) is 0 Å². The average molecular weight is 490 g/mol. The van der Waals surface area contributed by atoms with Gasteiger partial charge in [0, 0.05) is 7.05 Å². The lowest BCUT2D eigenvalue weighted by molar-refractivity contribution is -0.127. The van der Waals surface area contributed by atoms with Gasteiger partial charge in [-0.2, -0.15) is 0 Å². The summed E-state index contributed by atoms with van der Waals surface area (Å²) in [4.78, 5) is 37.2. The van der Waals surface area contributed by atoms with Crippen molar-refractivity contribution in [3.63, 3.8) is 0 Å². The number of likely N-dealkylation sites (N-methyl/N-ethyl adjacent to an activating group) is 1. The number of hydrogen-bond donors (Lipinski definition) is 3. The largest absolute Gasteiger partial charge is 0.443 e. The summed E-state index contributed by atoms with van der Waals surface area (Å²) in [6.07, 6.45) is 4.80.